The molecule has 0 heterocycles. The highest BCUT2D eigenvalue weighted by molar-refractivity contribution is 5.44. The minimum absolute atomic E-state index is 0.542. The Morgan fingerprint density at radius 1 is 1.29 bits per heavy atom. The van der Waals surface area contributed by atoms with E-state index >= 15 is 0 Å². The molecule has 0 amide bonds. The van der Waals surface area contributed by atoms with Crippen LogP contribution in [0.15, 0.2) is 24.3 Å². The maximum absolute atomic E-state index is 5.85. The lowest BCUT2D eigenvalue weighted by atomic mass is 9.65. The number of nitrogens with two attached hydrogens (primary N) is 1. The second-order valence-electron chi connectivity index (χ2n) is 4.86. The van der Waals surface area contributed by atoms with Gasteiger partial charge in [-0.3, -0.25) is 0 Å². The Hall–Kier alpha value is -0.820. The van der Waals surface area contributed by atoms with Crippen molar-refractivity contribution in [3.05, 3.63) is 35.4 Å². The molecule has 1 atom stereocenters. The molecule has 2 aliphatic carbocycles. The van der Waals surface area contributed by atoms with Crippen molar-refractivity contribution < 1.29 is 0 Å². The maximum atomic E-state index is 5.85. The highest BCUT2D eigenvalue weighted by atomic mass is 14.6. The van der Waals surface area contributed by atoms with Crippen LogP contribution in [0.25, 0.3) is 0 Å². The van der Waals surface area contributed by atoms with Gasteiger partial charge in [0.1, 0.15) is 0 Å². The largest absolute Gasteiger partial charge is 0.330 e. The quantitative estimate of drug-likeness (QED) is 0.718. The Balaban J connectivity index is 2.09. The second kappa shape index (κ2) is 2.83. The molecule has 1 nitrogen and oxygen atoms in total. The Morgan fingerprint density at radius 3 is 2.71 bits per heavy atom. The molecule has 3 rings (SSSR count). The first-order chi connectivity index (χ1) is 6.86. The van der Waals surface area contributed by atoms with Gasteiger partial charge in [0.2, 0.25) is 0 Å². The van der Waals surface area contributed by atoms with Crippen molar-refractivity contribution in [3.63, 3.8) is 0 Å². The summed E-state index contributed by atoms with van der Waals surface area (Å²) < 4.78 is 0. The lowest BCUT2D eigenvalue weighted by Crippen LogP contribution is -2.32. The predicted octanol–water partition coefficient (Wildman–Crippen LogP) is 2.55. The zero-order chi connectivity index (χ0) is 9.60. The summed E-state index contributed by atoms with van der Waals surface area (Å²) in [6, 6.07) is 8.93. The van der Waals surface area contributed by atoms with E-state index in [4.69, 9.17) is 5.73 Å². The molecule has 1 heteroatoms. The predicted molar refractivity (Wildman–Crippen MR) is 58.4 cm³/mol. The minimum Gasteiger partial charge on any atom is -0.330 e. The zero-order valence-electron chi connectivity index (χ0n) is 8.50. The topological polar surface area (TPSA) is 26.0 Å². The van der Waals surface area contributed by atoms with Crippen LogP contribution in [0.5, 0.6) is 0 Å². The van der Waals surface area contributed by atoms with Crippen LogP contribution in [-0.2, 0) is 5.41 Å². The van der Waals surface area contributed by atoms with Gasteiger partial charge in [-0.2, -0.15) is 0 Å². The van der Waals surface area contributed by atoms with Crippen molar-refractivity contribution in [1.29, 1.82) is 0 Å². The summed E-state index contributed by atoms with van der Waals surface area (Å²) in [5.41, 5.74) is 9.54. The second-order valence-corrected chi connectivity index (χ2v) is 4.86. The number of hydrogen-bond acceptors (Lipinski definition) is 1. The van der Waals surface area contributed by atoms with Crippen LogP contribution in [0.4, 0.5) is 0 Å². The van der Waals surface area contributed by atoms with Crippen LogP contribution in [0.3, 0.4) is 0 Å². The van der Waals surface area contributed by atoms with Crippen LogP contribution in [0, 0.1) is 0 Å². The SMILES string of the molecule is NCC1CC2(CCC2)c2ccccc21. The van der Waals surface area contributed by atoms with Crippen LogP contribution < -0.4 is 5.73 Å². The van der Waals surface area contributed by atoms with Crippen molar-refractivity contribution in [2.45, 2.75) is 37.0 Å². The van der Waals surface area contributed by atoms with Gasteiger partial charge in [-0.05, 0) is 48.3 Å². The highest BCUT2D eigenvalue weighted by Gasteiger charge is 2.46. The number of hydrogen-bond donors (Lipinski definition) is 1. The molecule has 1 aromatic rings. The average Bonchev–Trinajstić information content (AvgIpc) is 2.52. The van der Waals surface area contributed by atoms with Crippen molar-refractivity contribution >= 4 is 0 Å². The van der Waals surface area contributed by atoms with Crippen molar-refractivity contribution in [1.82, 2.24) is 0 Å². The Bertz CT molecular complexity index is 352. The first kappa shape index (κ1) is 8.49. The van der Waals surface area contributed by atoms with Gasteiger partial charge < -0.3 is 5.73 Å². The summed E-state index contributed by atoms with van der Waals surface area (Å²) >= 11 is 0. The van der Waals surface area contributed by atoms with Crippen molar-refractivity contribution in [2.75, 3.05) is 6.54 Å². The molecule has 74 valence electrons. The van der Waals surface area contributed by atoms with E-state index in [1.165, 1.54) is 31.2 Å². The van der Waals surface area contributed by atoms with E-state index < -0.39 is 0 Å². The molecule has 1 unspecified atom stereocenters. The van der Waals surface area contributed by atoms with Crippen LogP contribution in [0.1, 0.15) is 42.7 Å². The highest BCUT2D eigenvalue weighted by Crippen LogP contribution is 2.56. The van der Waals surface area contributed by atoms with Crippen LogP contribution in [0.2, 0.25) is 0 Å². The zero-order valence-corrected chi connectivity index (χ0v) is 8.50. The summed E-state index contributed by atoms with van der Waals surface area (Å²) in [6.07, 6.45) is 5.50. The normalized spacial score (nSPS) is 27.4. The molecule has 0 radical (unpaired) electrons. The Morgan fingerprint density at radius 2 is 2.07 bits per heavy atom. The lowest BCUT2D eigenvalue weighted by molar-refractivity contribution is 0.233. The fourth-order valence-electron chi connectivity index (χ4n) is 3.31. The first-order valence-electron chi connectivity index (χ1n) is 5.65. The van der Waals surface area contributed by atoms with Gasteiger partial charge in [-0.25, -0.2) is 0 Å². The third kappa shape index (κ3) is 0.936. The number of rotatable bonds is 1. The Labute approximate surface area is 85.3 Å². The smallest absolute Gasteiger partial charge is 0.000781 e. The van der Waals surface area contributed by atoms with E-state index in [0.717, 1.165) is 6.54 Å². The molecule has 1 fully saturated rings. The maximum Gasteiger partial charge on any atom is -0.000781 e. The molecule has 0 aromatic heterocycles. The first-order valence-corrected chi connectivity index (χ1v) is 5.65. The molecule has 2 N–H and O–H groups in total. The van der Waals surface area contributed by atoms with Gasteiger partial charge in [0, 0.05) is 0 Å². The lowest BCUT2D eigenvalue weighted by Gasteiger charge is -2.39. The van der Waals surface area contributed by atoms with E-state index in [-0.39, 0.29) is 0 Å². The summed E-state index contributed by atoms with van der Waals surface area (Å²) in [4.78, 5) is 0. The van der Waals surface area contributed by atoms with E-state index in [9.17, 15) is 0 Å². The van der Waals surface area contributed by atoms with Gasteiger partial charge in [0.25, 0.3) is 0 Å². The van der Waals surface area contributed by atoms with Gasteiger partial charge in [-0.1, -0.05) is 30.7 Å². The molecule has 0 bridgehead atoms. The molecule has 0 saturated heterocycles. The Kier molecular flexibility index (Phi) is 1.72. The van der Waals surface area contributed by atoms with E-state index in [1.54, 1.807) is 5.56 Å². The van der Waals surface area contributed by atoms with Gasteiger partial charge in [0.15, 0.2) is 0 Å². The third-order valence-corrected chi connectivity index (χ3v) is 4.20. The summed E-state index contributed by atoms with van der Waals surface area (Å²) in [5, 5.41) is 0. The third-order valence-electron chi connectivity index (χ3n) is 4.20. The summed E-state index contributed by atoms with van der Waals surface area (Å²) in [5.74, 6) is 0.631. The monoisotopic (exact) mass is 187 g/mol. The molecular formula is C13H17N. The van der Waals surface area contributed by atoms with Crippen molar-refractivity contribution in [2.24, 2.45) is 5.73 Å². The van der Waals surface area contributed by atoms with Gasteiger partial charge in [-0.15, -0.1) is 0 Å². The fourth-order valence-corrected chi connectivity index (χ4v) is 3.31. The molecule has 1 aromatic carbocycles. The standard InChI is InChI=1S/C13H17N/c14-9-10-8-13(6-3-7-13)12-5-2-1-4-11(10)12/h1-2,4-5,10H,3,6-9,14H2. The molecule has 2 aliphatic rings. The van der Waals surface area contributed by atoms with Crippen LogP contribution in [-0.4, -0.2) is 6.54 Å². The molecule has 0 aliphatic heterocycles. The van der Waals surface area contributed by atoms with E-state index in [0.29, 0.717) is 11.3 Å². The molecular weight excluding hydrogens is 170 g/mol. The molecule has 1 saturated carbocycles. The number of benzene rings is 1. The van der Waals surface area contributed by atoms with Crippen molar-refractivity contribution in [3.8, 4) is 0 Å². The van der Waals surface area contributed by atoms with Crippen LogP contribution >= 0.6 is 0 Å². The average molecular weight is 187 g/mol. The van der Waals surface area contributed by atoms with E-state index in [2.05, 4.69) is 24.3 Å². The fraction of sp³-hybridized carbons (Fsp3) is 0.538. The van der Waals surface area contributed by atoms with E-state index in [1.807, 2.05) is 0 Å². The van der Waals surface area contributed by atoms with Gasteiger partial charge >= 0.3 is 0 Å². The minimum atomic E-state index is 0.542. The summed E-state index contributed by atoms with van der Waals surface area (Å²) in [7, 11) is 0. The van der Waals surface area contributed by atoms with Gasteiger partial charge in [0.05, 0.1) is 0 Å². The molecule has 14 heavy (non-hydrogen) atoms. The number of fused-ring (bicyclic) bond motifs is 2. The molecule has 1 spiro atoms. The summed E-state index contributed by atoms with van der Waals surface area (Å²) in [6.45, 7) is 0.818.